The van der Waals surface area contributed by atoms with Crippen molar-refractivity contribution in [1.82, 2.24) is 10.2 Å². The number of nitrogens with two attached hydrogens (primary N) is 1. The molecule has 3 rings (SSSR count). The topological polar surface area (TPSA) is 87.5 Å². The van der Waals surface area contributed by atoms with Crippen LogP contribution in [0.5, 0.6) is 0 Å². The highest BCUT2D eigenvalue weighted by Gasteiger charge is 2.20. The van der Waals surface area contributed by atoms with E-state index >= 15 is 0 Å². The number of hydrogen-bond acceptors (Lipinski definition) is 3. The summed E-state index contributed by atoms with van der Waals surface area (Å²) in [5, 5.41) is 5.45. The van der Waals surface area contributed by atoms with Crippen LogP contribution < -0.4 is 16.4 Å². The van der Waals surface area contributed by atoms with E-state index in [-0.39, 0.29) is 11.9 Å². The second-order valence-corrected chi connectivity index (χ2v) is 6.62. The van der Waals surface area contributed by atoms with Gasteiger partial charge in [0.25, 0.3) is 5.91 Å². The monoisotopic (exact) mass is 352 g/mol. The van der Waals surface area contributed by atoms with Crippen LogP contribution in [0.3, 0.4) is 0 Å². The molecule has 136 valence electrons. The Morgan fingerprint density at radius 2 is 1.92 bits per heavy atom. The molecule has 0 spiro atoms. The molecule has 6 nitrogen and oxygen atoms in total. The van der Waals surface area contributed by atoms with Gasteiger partial charge in [-0.05, 0) is 42.7 Å². The minimum atomic E-state index is -0.651. The summed E-state index contributed by atoms with van der Waals surface area (Å²) in [6.45, 7) is 4.59. The Kier molecular flexibility index (Phi) is 5.53. The number of nitrogens with zero attached hydrogens (tertiary/aromatic N) is 1. The highest BCUT2D eigenvalue weighted by Crippen LogP contribution is 2.20. The van der Waals surface area contributed by atoms with Crippen LogP contribution >= 0.6 is 0 Å². The first kappa shape index (κ1) is 17.9. The number of hydrogen-bond donors (Lipinski definition) is 3. The van der Waals surface area contributed by atoms with Crippen LogP contribution in [0.15, 0.2) is 48.5 Å². The lowest BCUT2D eigenvalue weighted by molar-refractivity contribution is 0.0932. The number of anilines is 1. The van der Waals surface area contributed by atoms with Gasteiger partial charge in [-0.1, -0.05) is 30.3 Å². The zero-order chi connectivity index (χ0) is 18.5. The summed E-state index contributed by atoms with van der Waals surface area (Å²) < 4.78 is 0. The van der Waals surface area contributed by atoms with E-state index in [0.717, 1.165) is 19.5 Å². The van der Waals surface area contributed by atoms with E-state index < -0.39 is 6.03 Å². The van der Waals surface area contributed by atoms with Gasteiger partial charge in [-0.25, -0.2) is 4.79 Å². The van der Waals surface area contributed by atoms with Crippen molar-refractivity contribution in [2.24, 2.45) is 5.73 Å². The first-order valence-electron chi connectivity index (χ1n) is 8.78. The lowest BCUT2D eigenvalue weighted by atomic mass is 9.99. The average Bonchev–Trinajstić information content (AvgIpc) is 2.65. The predicted molar refractivity (Wildman–Crippen MR) is 102 cm³/mol. The van der Waals surface area contributed by atoms with E-state index in [1.165, 1.54) is 11.1 Å². The van der Waals surface area contributed by atoms with Crippen LogP contribution in [0.1, 0.15) is 28.4 Å². The molecule has 3 amide bonds. The highest BCUT2D eigenvalue weighted by atomic mass is 16.2. The van der Waals surface area contributed by atoms with Crippen molar-refractivity contribution in [3.05, 3.63) is 65.2 Å². The van der Waals surface area contributed by atoms with Crippen molar-refractivity contribution in [2.45, 2.75) is 25.9 Å². The van der Waals surface area contributed by atoms with Gasteiger partial charge < -0.3 is 16.4 Å². The van der Waals surface area contributed by atoms with Crippen LogP contribution in [-0.2, 0) is 13.0 Å². The molecule has 0 aliphatic carbocycles. The fourth-order valence-corrected chi connectivity index (χ4v) is 3.25. The SMILES string of the molecule is CC(CNC(=O)c1cccc(NC(N)=O)c1)N1CCc2ccccc2C1. The molecule has 2 aromatic carbocycles. The summed E-state index contributed by atoms with van der Waals surface area (Å²) in [7, 11) is 0. The zero-order valence-corrected chi connectivity index (χ0v) is 14.9. The standard InChI is InChI=1S/C20H24N4O2/c1-14(24-10-9-15-5-2-3-6-17(15)13-24)12-22-19(25)16-7-4-8-18(11-16)23-20(21)26/h2-8,11,14H,9-10,12-13H2,1H3,(H,22,25)(H3,21,23,26). The molecule has 1 atom stereocenters. The molecule has 6 heteroatoms. The van der Waals surface area contributed by atoms with Crippen LogP contribution in [0.25, 0.3) is 0 Å². The Bertz CT molecular complexity index is 806. The summed E-state index contributed by atoms with van der Waals surface area (Å²) in [6, 6.07) is 14.8. The molecule has 0 saturated carbocycles. The molecular formula is C20H24N4O2. The molecular weight excluding hydrogens is 328 g/mol. The third kappa shape index (κ3) is 4.40. The normalized spacial score (nSPS) is 15.0. The van der Waals surface area contributed by atoms with E-state index in [1.54, 1.807) is 24.3 Å². The number of carbonyl (C=O) groups excluding carboxylic acids is 2. The molecule has 1 aliphatic heterocycles. The van der Waals surface area contributed by atoms with Gasteiger partial charge in [-0.15, -0.1) is 0 Å². The van der Waals surface area contributed by atoms with Crippen molar-refractivity contribution >= 4 is 17.6 Å². The Hall–Kier alpha value is -2.86. The maximum atomic E-state index is 12.4. The average molecular weight is 352 g/mol. The zero-order valence-electron chi connectivity index (χ0n) is 14.9. The number of carbonyl (C=O) groups is 2. The third-order valence-electron chi connectivity index (χ3n) is 4.73. The molecule has 4 N–H and O–H groups in total. The van der Waals surface area contributed by atoms with Crippen LogP contribution in [0.4, 0.5) is 10.5 Å². The lowest BCUT2D eigenvalue weighted by Gasteiger charge is -2.33. The Morgan fingerprint density at radius 3 is 2.69 bits per heavy atom. The predicted octanol–water partition coefficient (Wildman–Crippen LogP) is 2.35. The molecule has 0 fully saturated rings. The second-order valence-electron chi connectivity index (χ2n) is 6.62. The van der Waals surface area contributed by atoms with Crippen molar-refractivity contribution in [3.63, 3.8) is 0 Å². The number of amides is 3. The van der Waals surface area contributed by atoms with Crippen molar-refractivity contribution in [2.75, 3.05) is 18.4 Å². The molecule has 2 aromatic rings. The van der Waals surface area contributed by atoms with Gasteiger partial charge in [0, 0.05) is 36.9 Å². The largest absolute Gasteiger partial charge is 0.351 e. The highest BCUT2D eigenvalue weighted by molar-refractivity contribution is 5.96. The number of nitrogens with one attached hydrogen (secondary N) is 2. The van der Waals surface area contributed by atoms with Gasteiger partial charge in [0.1, 0.15) is 0 Å². The fraction of sp³-hybridized carbons (Fsp3) is 0.300. The maximum absolute atomic E-state index is 12.4. The summed E-state index contributed by atoms with van der Waals surface area (Å²) in [6.07, 6.45) is 1.04. The fourth-order valence-electron chi connectivity index (χ4n) is 3.25. The van der Waals surface area contributed by atoms with E-state index in [2.05, 4.69) is 46.7 Å². The number of fused-ring (bicyclic) bond motifs is 1. The van der Waals surface area contributed by atoms with Gasteiger partial charge in [-0.3, -0.25) is 9.69 Å². The molecule has 26 heavy (non-hydrogen) atoms. The lowest BCUT2D eigenvalue weighted by Crippen LogP contribution is -2.44. The van der Waals surface area contributed by atoms with Gasteiger partial charge in [0.05, 0.1) is 0 Å². The molecule has 1 unspecified atom stereocenters. The van der Waals surface area contributed by atoms with Crippen LogP contribution in [0, 0.1) is 0 Å². The number of rotatable bonds is 5. The maximum Gasteiger partial charge on any atom is 0.316 e. The number of primary amides is 1. The first-order chi connectivity index (χ1) is 12.5. The van der Waals surface area contributed by atoms with E-state index in [9.17, 15) is 9.59 Å². The molecule has 0 bridgehead atoms. The number of benzene rings is 2. The smallest absolute Gasteiger partial charge is 0.316 e. The Morgan fingerprint density at radius 1 is 1.15 bits per heavy atom. The third-order valence-corrected chi connectivity index (χ3v) is 4.73. The second kappa shape index (κ2) is 8.01. The van der Waals surface area contributed by atoms with Crippen LogP contribution in [0.2, 0.25) is 0 Å². The van der Waals surface area contributed by atoms with E-state index in [1.807, 2.05) is 0 Å². The Balaban J connectivity index is 1.55. The molecule has 1 heterocycles. The molecule has 0 aromatic heterocycles. The molecule has 0 radical (unpaired) electrons. The Labute approximate surface area is 153 Å². The van der Waals surface area contributed by atoms with Crippen molar-refractivity contribution in [1.29, 1.82) is 0 Å². The minimum absolute atomic E-state index is 0.164. The van der Waals surface area contributed by atoms with Gasteiger partial charge in [-0.2, -0.15) is 0 Å². The van der Waals surface area contributed by atoms with Crippen molar-refractivity contribution in [3.8, 4) is 0 Å². The first-order valence-corrected chi connectivity index (χ1v) is 8.78. The minimum Gasteiger partial charge on any atom is -0.351 e. The molecule has 1 aliphatic rings. The van der Waals surface area contributed by atoms with E-state index in [0.29, 0.717) is 17.8 Å². The number of urea groups is 1. The summed E-state index contributed by atoms with van der Waals surface area (Å²) >= 11 is 0. The van der Waals surface area contributed by atoms with Crippen molar-refractivity contribution < 1.29 is 9.59 Å². The summed E-state index contributed by atoms with van der Waals surface area (Å²) in [5.41, 5.74) is 8.89. The van der Waals surface area contributed by atoms with Crippen LogP contribution in [-0.4, -0.2) is 36.0 Å². The summed E-state index contributed by atoms with van der Waals surface area (Å²) in [5.74, 6) is -0.164. The van der Waals surface area contributed by atoms with Gasteiger partial charge in [0.15, 0.2) is 0 Å². The van der Waals surface area contributed by atoms with Gasteiger partial charge >= 0.3 is 6.03 Å². The van der Waals surface area contributed by atoms with Gasteiger partial charge in [0.2, 0.25) is 0 Å². The summed E-state index contributed by atoms with van der Waals surface area (Å²) in [4.78, 5) is 25.7. The van der Waals surface area contributed by atoms with E-state index in [4.69, 9.17) is 5.73 Å². The quantitative estimate of drug-likeness (QED) is 0.772. The molecule has 0 saturated heterocycles.